The quantitative estimate of drug-likeness (QED) is 0.757. The molecule has 0 radical (unpaired) electrons. The molecule has 4 heterocycles. The lowest BCUT2D eigenvalue weighted by atomic mass is 9.85. The van der Waals surface area contributed by atoms with Crippen LogP contribution in [0.15, 0.2) is 0 Å². The molecule has 0 bridgehead atoms. The van der Waals surface area contributed by atoms with Crippen LogP contribution in [0.1, 0.15) is 77.6 Å². The van der Waals surface area contributed by atoms with Crippen molar-refractivity contribution in [3.63, 3.8) is 0 Å². The van der Waals surface area contributed by atoms with Crippen molar-refractivity contribution in [2.24, 2.45) is 5.92 Å². The van der Waals surface area contributed by atoms with E-state index in [1.807, 2.05) is 0 Å². The molecule has 4 aliphatic heterocycles. The van der Waals surface area contributed by atoms with Crippen molar-refractivity contribution in [3.8, 4) is 0 Å². The van der Waals surface area contributed by atoms with Crippen LogP contribution in [0.25, 0.3) is 0 Å². The first-order chi connectivity index (χ1) is 10.3. The molecule has 4 fully saturated rings. The van der Waals surface area contributed by atoms with Gasteiger partial charge in [0, 0.05) is 24.2 Å². The Hall–Kier alpha value is -0.0800. The van der Waals surface area contributed by atoms with Gasteiger partial charge in [-0.3, -0.25) is 9.80 Å². The maximum absolute atomic E-state index is 2.94. The molecule has 5 unspecified atom stereocenters. The molecule has 120 valence electrons. The third-order valence-electron chi connectivity index (χ3n) is 7.18. The Balaban J connectivity index is 1.34. The van der Waals surface area contributed by atoms with Gasteiger partial charge in [0.05, 0.1) is 0 Å². The Bertz CT molecular complexity index is 355. The van der Waals surface area contributed by atoms with Gasteiger partial charge < -0.3 is 0 Å². The van der Waals surface area contributed by atoms with Crippen molar-refractivity contribution in [1.82, 2.24) is 9.80 Å². The van der Waals surface area contributed by atoms with Crippen LogP contribution in [-0.4, -0.2) is 47.1 Å². The Labute approximate surface area is 131 Å². The van der Waals surface area contributed by atoms with E-state index in [1.165, 1.54) is 83.7 Å². The smallest absolute Gasteiger partial charge is 0.0101 e. The van der Waals surface area contributed by atoms with E-state index in [4.69, 9.17) is 0 Å². The average Bonchev–Trinajstić information content (AvgIpc) is 2.95. The molecule has 0 aliphatic carbocycles. The van der Waals surface area contributed by atoms with Gasteiger partial charge in [-0.2, -0.15) is 0 Å². The fraction of sp³-hybridized carbons (Fsp3) is 1.00. The van der Waals surface area contributed by atoms with Gasteiger partial charge >= 0.3 is 0 Å². The van der Waals surface area contributed by atoms with Crippen LogP contribution < -0.4 is 0 Å². The molecule has 2 heteroatoms. The zero-order chi connectivity index (χ0) is 14.2. The molecule has 0 spiro atoms. The summed E-state index contributed by atoms with van der Waals surface area (Å²) in [7, 11) is 0. The lowest BCUT2D eigenvalue weighted by Crippen LogP contribution is -2.43. The van der Waals surface area contributed by atoms with Crippen molar-refractivity contribution in [2.75, 3.05) is 13.1 Å². The molecule has 5 atom stereocenters. The Morgan fingerprint density at radius 3 is 2.62 bits per heavy atom. The topological polar surface area (TPSA) is 6.48 Å². The van der Waals surface area contributed by atoms with Crippen LogP contribution in [0.2, 0.25) is 0 Å². The minimum atomic E-state index is 0.873. The summed E-state index contributed by atoms with van der Waals surface area (Å²) in [6.07, 6.45) is 16.4. The molecular weight excluding hydrogens is 256 g/mol. The third kappa shape index (κ3) is 2.91. The molecule has 0 saturated carbocycles. The highest BCUT2D eigenvalue weighted by atomic mass is 15.2. The molecule has 4 saturated heterocycles. The van der Waals surface area contributed by atoms with Crippen molar-refractivity contribution in [2.45, 2.75) is 102 Å². The zero-order valence-electron chi connectivity index (χ0n) is 14.0. The predicted octanol–water partition coefficient (Wildman–Crippen LogP) is 4.05. The first kappa shape index (κ1) is 14.5. The Kier molecular flexibility index (Phi) is 4.28. The first-order valence-electron chi connectivity index (χ1n) is 9.83. The van der Waals surface area contributed by atoms with Crippen molar-refractivity contribution < 1.29 is 0 Å². The molecule has 0 aromatic rings. The fourth-order valence-corrected chi connectivity index (χ4v) is 6.01. The second-order valence-electron chi connectivity index (χ2n) is 8.42. The minimum absolute atomic E-state index is 0.873. The fourth-order valence-electron chi connectivity index (χ4n) is 6.01. The van der Waals surface area contributed by atoms with Gasteiger partial charge in [-0.25, -0.2) is 0 Å². The summed E-state index contributed by atoms with van der Waals surface area (Å²) >= 11 is 0. The van der Waals surface area contributed by atoms with Crippen LogP contribution in [0.5, 0.6) is 0 Å². The molecule has 0 N–H and O–H groups in total. The van der Waals surface area contributed by atoms with E-state index in [9.17, 15) is 0 Å². The molecule has 0 amide bonds. The molecule has 4 rings (SSSR count). The number of hydrogen-bond donors (Lipinski definition) is 0. The van der Waals surface area contributed by atoms with Gasteiger partial charge in [0.25, 0.3) is 0 Å². The van der Waals surface area contributed by atoms with E-state index in [2.05, 4.69) is 16.7 Å². The number of rotatable bonds is 2. The highest BCUT2D eigenvalue weighted by Crippen LogP contribution is 2.39. The van der Waals surface area contributed by atoms with Crippen LogP contribution in [0.3, 0.4) is 0 Å². The SMILES string of the molecule is CC1CCC2CC(CC3CCC4CCCCCN43)CCN12. The van der Waals surface area contributed by atoms with Crippen molar-refractivity contribution >= 4 is 0 Å². The molecule has 2 nitrogen and oxygen atoms in total. The Morgan fingerprint density at radius 2 is 1.67 bits per heavy atom. The summed E-state index contributed by atoms with van der Waals surface area (Å²) in [4.78, 5) is 5.76. The van der Waals surface area contributed by atoms with Crippen molar-refractivity contribution in [3.05, 3.63) is 0 Å². The molecule has 4 aliphatic rings. The molecule has 21 heavy (non-hydrogen) atoms. The first-order valence-corrected chi connectivity index (χ1v) is 9.83. The van der Waals surface area contributed by atoms with Gasteiger partial charge in [-0.05, 0) is 83.7 Å². The largest absolute Gasteiger partial charge is 0.298 e. The summed E-state index contributed by atoms with van der Waals surface area (Å²) < 4.78 is 0. The van der Waals surface area contributed by atoms with Crippen molar-refractivity contribution in [1.29, 1.82) is 0 Å². The minimum Gasteiger partial charge on any atom is -0.298 e. The number of piperidine rings is 1. The lowest BCUT2D eigenvalue weighted by Gasteiger charge is -2.39. The van der Waals surface area contributed by atoms with E-state index in [0.717, 1.165) is 30.1 Å². The normalized spacial score (nSPS) is 45.3. The zero-order valence-corrected chi connectivity index (χ0v) is 14.0. The number of hydrogen-bond acceptors (Lipinski definition) is 2. The number of nitrogens with zero attached hydrogens (tertiary/aromatic N) is 2. The van der Waals surface area contributed by atoms with Crippen LogP contribution in [0.4, 0.5) is 0 Å². The summed E-state index contributed by atoms with van der Waals surface area (Å²) in [5.41, 5.74) is 0. The van der Waals surface area contributed by atoms with E-state index in [1.54, 1.807) is 0 Å². The monoisotopic (exact) mass is 290 g/mol. The van der Waals surface area contributed by atoms with Crippen LogP contribution >= 0.6 is 0 Å². The summed E-state index contributed by atoms with van der Waals surface area (Å²) in [6.45, 7) is 5.25. The predicted molar refractivity (Wildman–Crippen MR) is 88.5 cm³/mol. The highest BCUT2D eigenvalue weighted by Gasteiger charge is 2.39. The summed E-state index contributed by atoms with van der Waals surface area (Å²) in [6, 6.07) is 3.73. The Morgan fingerprint density at radius 1 is 0.762 bits per heavy atom. The maximum atomic E-state index is 2.94. The van der Waals surface area contributed by atoms with Gasteiger partial charge in [-0.1, -0.05) is 12.8 Å². The molecule has 0 aromatic heterocycles. The van der Waals surface area contributed by atoms with E-state index in [0.29, 0.717) is 0 Å². The molecular formula is C19H34N2. The van der Waals surface area contributed by atoms with Gasteiger partial charge in [0.15, 0.2) is 0 Å². The summed E-state index contributed by atoms with van der Waals surface area (Å²) in [5.74, 6) is 1.03. The van der Waals surface area contributed by atoms with Crippen LogP contribution in [0, 0.1) is 5.92 Å². The van der Waals surface area contributed by atoms with E-state index >= 15 is 0 Å². The summed E-state index contributed by atoms with van der Waals surface area (Å²) in [5, 5.41) is 0. The van der Waals surface area contributed by atoms with Gasteiger partial charge in [0.1, 0.15) is 0 Å². The van der Waals surface area contributed by atoms with Crippen LogP contribution in [-0.2, 0) is 0 Å². The van der Waals surface area contributed by atoms with Gasteiger partial charge in [0.2, 0.25) is 0 Å². The maximum Gasteiger partial charge on any atom is 0.0101 e. The van der Waals surface area contributed by atoms with Gasteiger partial charge in [-0.15, -0.1) is 0 Å². The second-order valence-corrected chi connectivity index (χ2v) is 8.42. The standard InChI is InChI=1S/C19H34N2/c1-15-6-7-18-13-16(10-12-20(15)18)14-19-9-8-17-5-3-2-4-11-21(17)19/h15-19H,2-14H2,1H3. The third-order valence-corrected chi connectivity index (χ3v) is 7.18. The van der Waals surface area contributed by atoms with E-state index in [-0.39, 0.29) is 0 Å². The second kappa shape index (κ2) is 6.20. The highest BCUT2D eigenvalue weighted by molar-refractivity contribution is 4.94. The number of fused-ring (bicyclic) bond motifs is 2. The average molecular weight is 290 g/mol. The molecule has 0 aromatic carbocycles. The lowest BCUT2D eigenvalue weighted by molar-refractivity contribution is 0.0961. The van der Waals surface area contributed by atoms with E-state index < -0.39 is 0 Å².